The zero-order chi connectivity index (χ0) is 30.7. The van der Waals surface area contributed by atoms with E-state index < -0.39 is 6.04 Å². The molecule has 5 rings (SSSR count). The zero-order valence-corrected chi connectivity index (χ0v) is 25.9. The van der Waals surface area contributed by atoms with Crippen LogP contribution in [0.15, 0.2) is 66.7 Å². The molecule has 0 aliphatic carbocycles. The Bertz CT molecular complexity index is 1560. The van der Waals surface area contributed by atoms with Gasteiger partial charge in [-0.2, -0.15) is 5.26 Å². The topological polar surface area (TPSA) is 84.7 Å². The predicted octanol–water partition coefficient (Wildman–Crippen LogP) is 6.67. The molecule has 2 aliphatic heterocycles. The van der Waals surface area contributed by atoms with Gasteiger partial charge in [0.2, 0.25) is 5.91 Å². The van der Waals surface area contributed by atoms with E-state index in [1.807, 2.05) is 11.0 Å². The summed E-state index contributed by atoms with van der Waals surface area (Å²) in [5.41, 5.74) is 2.33. The summed E-state index contributed by atoms with van der Waals surface area (Å²) in [4.78, 5) is 46.4. The quantitative estimate of drug-likeness (QED) is 0.313. The maximum Gasteiger partial charge on any atom is 0.254 e. The Morgan fingerprint density at radius 3 is 2.23 bits per heavy atom. The number of hydrogen-bond acceptors (Lipinski definition) is 4. The molecule has 2 heterocycles. The van der Waals surface area contributed by atoms with Crippen molar-refractivity contribution in [1.82, 2.24) is 14.7 Å². The first-order valence-electron chi connectivity index (χ1n) is 14.3. The Morgan fingerprint density at radius 2 is 1.56 bits per heavy atom. The van der Waals surface area contributed by atoms with Crippen LogP contribution in [-0.2, 0) is 4.79 Å². The number of benzene rings is 3. The molecule has 0 radical (unpaired) electrons. The molecule has 3 amide bonds. The van der Waals surface area contributed by atoms with E-state index in [1.165, 1.54) is 0 Å². The van der Waals surface area contributed by atoms with Crippen LogP contribution >= 0.6 is 34.8 Å². The van der Waals surface area contributed by atoms with Crippen molar-refractivity contribution < 1.29 is 14.4 Å². The fourth-order valence-electron chi connectivity index (χ4n) is 6.12. The van der Waals surface area contributed by atoms with Crippen LogP contribution in [0.5, 0.6) is 0 Å². The molecule has 3 aromatic carbocycles. The maximum atomic E-state index is 14.1. The van der Waals surface area contributed by atoms with Gasteiger partial charge >= 0.3 is 0 Å². The Labute approximate surface area is 266 Å². The second kappa shape index (κ2) is 13.4. The molecule has 0 saturated carbocycles. The Kier molecular flexibility index (Phi) is 9.61. The zero-order valence-electron chi connectivity index (χ0n) is 23.7. The van der Waals surface area contributed by atoms with Crippen molar-refractivity contribution >= 4 is 52.5 Å². The van der Waals surface area contributed by atoms with Crippen molar-refractivity contribution in [3.63, 3.8) is 0 Å². The number of piperidine rings is 2. The molecule has 222 valence electrons. The summed E-state index contributed by atoms with van der Waals surface area (Å²) in [7, 11) is 1.78. The SMILES string of the molecule is CN(C(=O)c1ccc(Cl)cc1)[C@@H]1CCN(C(=O)[C@H]2CCCCN2C(=O)c2ccc(C#N)cc2)C[C@H]1c1ccc(Cl)c(Cl)c1. The maximum absolute atomic E-state index is 14.1. The molecule has 2 aliphatic rings. The van der Waals surface area contributed by atoms with E-state index in [1.54, 1.807) is 77.5 Å². The van der Waals surface area contributed by atoms with Crippen molar-refractivity contribution in [3.8, 4) is 6.07 Å². The lowest BCUT2D eigenvalue weighted by Gasteiger charge is -2.45. The van der Waals surface area contributed by atoms with Crippen LogP contribution in [0.2, 0.25) is 15.1 Å². The summed E-state index contributed by atoms with van der Waals surface area (Å²) in [5, 5.41) is 10.5. The second-order valence-electron chi connectivity index (χ2n) is 11.0. The van der Waals surface area contributed by atoms with Gasteiger partial charge in [0, 0.05) is 54.8 Å². The highest BCUT2D eigenvalue weighted by Gasteiger charge is 2.41. The molecule has 7 nitrogen and oxygen atoms in total. The van der Waals surface area contributed by atoms with Crippen molar-refractivity contribution in [2.45, 2.75) is 43.7 Å². The second-order valence-corrected chi connectivity index (χ2v) is 12.3. The van der Waals surface area contributed by atoms with Gasteiger partial charge < -0.3 is 14.7 Å². The Hall–Kier alpha value is -3.57. The van der Waals surface area contributed by atoms with E-state index in [9.17, 15) is 14.4 Å². The number of nitriles is 1. The molecule has 3 atom stereocenters. The van der Waals surface area contributed by atoms with E-state index in [0.29, 0.717) is 64.2 Å². The molecule has 43 heavy (non-hydrogen) atoms. The minimum Gasteiger partial charge on any atom is -0.340 e. The number of amides is 3. The van der Waals surface area contributed by atoms with Crippen LogP contribution in [0, 0.1) is 11.3 Å². The largest absolute Gasteiger partial charge is 0.340 e. The summed E-state index contributed by atoms with van der Waals surface area (Å²) in [6.45, 7) is 1.28. The number of carbonyl (C=O) groups excluding carboxylic acids is 3. The van der Waals surface area contributed by atoms with Crippen LogP contribution < -0.4 is 0 Å². The lowest BCUT2D eigenvalue weighted by molar-refractivity contribution is -0.139. The van der Waals surface area contributed by atoms with E-state index in [4.69, 9.17) is 40.1 Å². The summed E-state index contributed by atoms with van der Waals surface area (Å²) >= 11 is 18.7. The van der Waals surface area contributed by atoms with E-state index in [2.05, 4.69) is 6.07 Å². The molecular weight excluding hydrogens is 607 g/mol. The van der Waals surface area contributed by atoms with Gasteiger partial charge in [0.15, 0.2) is 0 Å². The lowest BCUT2D eigenvalue weighted by Crippen LogP contribution is -2.57. The summed E-state index contributed by atoms with van der Waals surface area (Å²) in [6.07, 6.45) is 2.78. The summed E-state index contributed by atoms with van der Waals surface area (Å²) in [5.74, 6) is -0.693. The number of nitrogens with zero attached hydrogens (tertiary/aromatic N) is 4. The van der Waals surface area contributed by atoms with Crippen LogP contribution in [0.4, 0.5) is 0 Å². The molecule has 0 spiro atoms. The number of halogens is 3. The van der Waals surface area contributed by atoms with Crippen molar-refractivity contribution in [2.75, 3.05) is 26.7 Å². The number of likely N-dealkylation sites (tertiary alicyclic amines) is 2. The fraction of sp³-hybridized carbons (Fsp3) is 0.333. The highest BCUT2D eigenvalue weighted by atomic mass is 35.5. The molecule has 2 saturated heterocycles. The molecule has 10 heteroatoms. The van der Waals surface area contributed by atoms with Crippen molar-refractivity contribution in [1.29, 1.82) is 5.26 Å². The van der Waals surface area contributed by atoms with E-state index in [0.717, 1.165) is 18.4 Å². The van der Waals surface area contributed by atoms with Gasteiger partial charge in [-0.15, -0.1) is 0 Å². The number of carbonyl (C=O) groups is 3. The van der Waals surface area contributed by atoms with Gasteiger partial charge in [0.1, 0.15) is 6.04 Å². The number of likely N-dealkylation sites (N-methyl/N-ethyl adjacent to an activating group) is 1. The fourth-order valence-corrected chi connectivity index (χ4v) is 6.55. The minimum atomic E-state index is -0.587. The Balaban J connectivity index is 1.40. The third-order valence-electron chi connectivity index (χ3n) is 8.48. The summed E-state index contributed by atoms with van der Waals surface area (Å²) in [6, 6.07) is 20.0. The van der Waals surface area contributed by atoms with E-state index >= 15 is 0 Å². The molecule has 0 N–H and O–H groups in total. The van der Waals surface area contributed by atoms with Crippen LogP contribution in [0.3, 0.4) is 0 Å². The van der Waals surface area contributed by atoms with Gasteiger partial charge in [0.25, 0.3) is 11.8 Å². The lowest BCUT2D eigenvalue weighted by atomic mass is 9.84. The smallest absolute Gasteiger partial charge is 0.254 e. The summed E-state index contributed by atoms with van der Waals surface area (Å²) < 4.78 is 0. The first kappa shape index (κ1) is 30.9. The van der Waals surface area contributed by atoms with Gasteiger partial charge in [-0.3, -0.25) is 14.4 Å². The highest BCUT2D eigenvalue weighted by molar-refractivity contribution is 6.42. The van der Waals surface area contributed by atoms with Crippen LogP contribution in [0.25, 0.3) is 0 Å². The van der Waals surface area contributed by atoms with E-state index in [-0.39, 0.29) is 29.7 Å². The minimum absolute atomic E-state index is 0.100. The molecule has 2 fully saturated rings. The molecular formula is C33H31Cl3N4O3. The van der Waals surface area contributed by atoms with Gasteiger partial charge in [-0.05, 0) is 91.9 Å². The van der Waals surface area contributed by atoms with Crippen molar-refractivity contribution in [2.24, 2.45) is 0 Å². The van der Waals surface area contributed by atoms with Crippen LogP contribution in [0.1, 0.15) is 63.4 Å². The van der Waals surface area contributed by atoms with Gasteiger partial charge in [-0.1, -0.05) is 40.9 Å². The molecule has 0 unspecified atom stereocenters. The van der Waals surface area contributed by atoms with Gasteiger partial charge in [0.05, 0.1) is 21.7 Å². The average Bonchev–Trinajstić information content (AvgIpc) is 3.04. The Morgan fingerprint density at radius 1 is 0.860 bits per heavy atom. The average molecular weight is 638 g/mol. The van der Waals surface area contributed by atoms with Gasteiger partial charge in [-0.25, -0.2) is 0 Å². The third-order valence-corrected chi connectivity index (χ3v) is 9.47. The normalized spacial score (nSPS) is 20.3. The molecule has 0 aromatic heterocycles. The molecule has 3 aromatic rings. The number of rotatable bonds is 5. The molecule has 0 bridgehead atoms. The number of hydrogen-bond donors (Lipinski definition) is 0. The predicted molar refractivity (Wildman–Crippen MR) is 168 cm³/mol. The van der Waals surface area contributed by atoms with Crippen LogP contribution in [-0.4, -0.2) is 71.2 Å². The monoisotopic (exact) mass is 636 g/mol. The third kappa shape index (κ3) is 6.67. The first-order chi connectivity index (χ1) is 20.7. The van der Waals surface area contributed by atoms with Crippen molar-refractivity contribution in [3.05, 3.63) is 104 Å². The first-order valence-corrected chi connectivity index (χ1v) is 15.4. The highest BCUT2D eigenvalue weighted by Crippen LogP contribution is 2.35. The standard InChI is InChI=1S/C33H31Cl3N4O3/c1-38(31(41)22-9-12-25(34)13-10-22)29-15-17-39(20-26(29)24-11-14-27(35)28(36)18-24)33(43)30-4-2-3-16-40(30)32(42)23-7-5-21(19-37)6-8-23/h5-14,18,26,29-30H,2-4,15-17,20H2,1H3/t26-,29+,30+/m0/s1.